The third kappa shape index (κ3) is 23.9. The van der Waals surface area contributed by atoms with Gasteiger partial charge in [0.25, 0.3) is 0 Å². The van der Waals surface area contributed by atoms with E-state index in [0.717, 1.165) is 0 Å². The van der Waals surface area contributed by atoms with Crippen molar-refractivity contribution in [3.8, 4) is 0 Å². The predicted octanol–water partition coefficient (Wildman–Crippen LogP) is -10.8. The van der Waals surface area contributed by atoms with E-state index < -0.39 is 92.2 Å². The lowest BCUT2D eigenvalue weighted by atomic mass is 10.0. The molecule has 0 saturated heterocycles. The molecule has 0 bridgehead atoms. The first-order chi connectivity index (χ1) is 26.6. The van der Waals surface area contributed by atoms with Crippen LogP contribution in [0.5, 0.6) is 0 Å². The Balaban J connectivity index is 6.52. The summed E-state index contributed by atoms with van der Waals surface area (Å²) in [6.07, 6.45) is 1.82. The van der Waals surface area contributed by atoms with E-state index in [0.29, 0.717) is 32.1 Å². The Morgan fingerprint density at radius 3 is 1.46 bits per heavy atom. The lowest BCUT2D eigenvalue weighted by Crippen LogP contribution is -2.78. The van der Waals surface area contributed by atoms with Gasteiger partial charge in [0.1, 0.15) is 36.5 Å². The number of unbranched alkanes of at least 4 members (excludes halogenated alkanes) is 1. The Morgan fingerprint density at radius 1 is 0.684 bits per heavy atom. The average molecular weight is 858 g/mol. The minimum atomic E-state index is -5.19. The van der Waals surface area contributed by atoms with E-state index in [1.807, 2.05) is 0 Å². The van der Waals surface area contributed by atoms with Crippen LogP contribution in [0.4, 0.5) is 0 Å². The van der Waals surface area contributed by atoms with Crippen molar-refractivity contribution in [3.05, 3.63) is 0 Å². The topological polar surface area (TPSA) is 444 Å². The fraction of sp³-hybridized carbons (Fsp3) is 0.700. The molecule has 0 rings (SSSR count). The number of carbonyl (C=O) groups is 7. The maximum Gasteiger partial charge on any atom is 0.469 e. The summed E-state index contributed by atoms with van der Waals surface area (Å²) in [6.45, 7) is 2.61. The number of nitrogens with one attached hydrogen (secondary N) is 8. The summed E-state index contributed by atoms with van der Waals surface area (Å²) >= 11 is 4.04. The van der Waals surface area contributed by atoms with Crippen molar-refractivity contribution in [2.45, 2.75) is 101 Å². The van der Waals surface area contributed by atoms with E-state index in [4.69, 9.17) is 28.7 Å². The second-order valence-corrected chi connectivity index (χ2v) is 14.5. The summed E-state index contributed by atoms with van der Waals surface area (Å²) in [6, 6.07) is -8.96. The summed E-state index contributed by atoms with van der Waals surface area (Å²) < 4.78 is 16.0. The summed E-state index contributed by atoms with van der Waals surface area (Å²) in [7, 11) is -5.19. The van der Waals surface area contributed by atoms with Gasteiger partial charge < -0.3 is 57.9 Å². The Bertz CT molecular complexity index is 1440. The number of rotatable bonds is 29. The van der Waals surface area contributed by atoms with Gasteiger partial charge in [-0.1, -0.05) is 0 Å². The summed E-state index contributed by atoms with van der Waals surface area (Å²) in [5.74, 6) is -5.62. The second kappa shape index (κ2) is 27.9. The highest BCUT2D eigenvalue weighted by atomic mass is 32.1. The Morgan fingerprint density at radius 2 is 1.07 bits per heavy atom. The van der Waals surface area contributed by atoms with Gasteiger partial charge in [-0.15, -0.1) is 0 Å². The first-order valence-corrected chi connectivity index (χ1v) is 20.2. The zero-order valence-corrected chi connectivity index (χ0v) is 33.9. The normalized spacial score (nSPS) is 14.8. The molecule has 57 heavy (non-hydrogen) atoms. The number of phosphoric ester groups is 1. The van der Waals surface area contributed by atoms with E-state index in [-0.39, 0.29) is 56.4 Å². The standard InChI is InChI=1S/C30H59N14O11PS/c1-16(13-45)39-28(51)22(15-57)44-27(50)21(14-55-56(52,53)54)43-26(49)18(7-3-4-10-31)41-25(48)20(9-6-12-38-30(35)36)42-24(47)19(40-23(46)17(2)32)8-5-11-37-29(33)34/h13,16-22,57H,3-12,14-15,31-32H2,1-2H3,(H,39,51)(H,40,46)(H,41,48)(H,42,47)(H,43,49)(H,44,50)(H4,33,34,37)(H4,35,36,38)(H2,52,53,54)/p+3/t16-,17-,18-,19-,20-,21-,22-/m0/s1. The van der Waals surface area contributed by atoms with Gasteiger partial charge in [0.15, 0.2) is 0 Å². The third-order valence-corrected chi connectivity index (χ3v) is 8.59. The van der Waals surface area contributed by atoms with Crippen LogP contribution in [-0.2, 0) is 42.7 Å². The molecular formula is C30H62N14O11PS+3. The van der Waals surface area contributed by atoms with Crippen molar-refractivity contribution in [1.29, 1.82) is 0 Å². The van der Waals surface area contributed by atoms with Gasteiger partial charge in [-0.3, -0.25) is 66.2 Å². The maximum absolute atomic E-state index is 13.9. The fourth-order valence-electron chi connectivity index (χ4n) is 4.71. The minimum absolute atomic E-state index is 0.0196. The zero-order chi connectivity index (χ0) is 43.7. The number of hydrogen-bond acceptors (Lipinski definition) is 11. The van der Waals surface area contributed by atoms with Crippen molar-refractivity contribution in [3.63, 3.8) is 0 Å². The molecule has 23 N–H and O–H groups in total. The van der Waals surface area contributed by atoms with Crippen molar-refractivity contribution in [1.82, 2.24) is 31.9 Å². The SMILES string of the molecule is C[C@H](N)C(=O)N[C@@H](CCC[NH+]=C(N)N)C(=O)N[C@@H](CCC[NH+]=C(N)N)C(=O)N[C@@H](CCCC[NH3+])C(=O)N[C@@H](COP(=O)(O)O)C(=O)N[C@@H](CS)C(=O)N[C@@H](C)C=O. The van der Waals surface area contributed by atoms with Gasteiger partial charge in [-0.25, -0.2) is 4.57 Å². The van der Waals surface area contributed by atoms with Crippen molar-refractivity contribution in [2.24, 2.45) is 28.7 Å². The lowest BCUT2D eigenvalue weighted by molar-refractivity contribution is -0.460. The van der Waals surface area contributed by atoms with Crippen LogP contribution >= 0.6 is 20.5 Å². The molecular weight excluding hydrogens is 795 g/mol. The van der Waals surface area contributed by atoms with Crippen LogP contribution in [0.2, 0.25) is 0 Å². The zero-order valence-electron chi connectivity index (χ0n) is 32.2. The monoisotopic (exact) mass is 857 g/mol. The number of thiol groups is 1. The number of nitrogens with two attached hydrogens (primary N) is 5. The molecule has 25 nitrogen and oxygen atoms in total. The van der Waals surface area contributed by atoms with Crippen LogP contribution in [0.15, 0.2) is 0 Å². The highest BCUT2D eigenvalue weighted by Gasteiger charge is 2.34. The van der Waals surface area contributed by atoms with Gasteiger partial charge in [0.05, 0.1) is 38.3 Å². The van der Waals surface area contributed by atoms with Crippen LogP contribution < -0.4 is 76.3 Å². The number of hydrogen-bond donors (Lipinski definition) is 17. The smallest absolute Gasteiger partial charge is 0.358 e. The number of amides is 6. The molecule has 0 aliphatic carbocycles. The van der Waals surface area contributed by atoms with E-state index >= 15 is 0 Å². The number of carbonyl (C=O) groups excluding carboxylic acids is 7. The molecule has 0 fully saturated rings. The van der Waals surface area contributed by atoms with Crippen LogP contribution in [0.1, 0.15) is 58.8 Å². The van der Waals surface area contributed by atoms with Gasteiger partial charge in [-0.05, 0) is 58.8 Å². The maximum atomic E-state index is 13.9. The van der Waals surface area contributed by atoms with Crippen LogP contribution in [0.3, 0.4) is 0 Å². The summed E-state index contributed by atoms with van der Waals surface area (Å²) in [5, 5.41) is 14.6. The molecule has 0 unspecified atom stereocenters. The lowest BCUT2D eigenvalue weighted by Gasteiger charge is -2.27. The molecule has 0 aromatic rings. The van der Waals surface area contributed by atoms with Gasteiger partial charge >= 0.3 is 19.7 Å². The quantitative estimate of drug-likeness (QED) is 0.00829. The Kier molecular flexibility index (Phi) is 25.7. The van der Waals surface area contributed by atoms with Crippen molar-refractivity contribution >= 4 is 74.1 Å². The molecule has 326 valence electrons. The van der Waals surface area contributed by atoms with Crippen LogP contribution in [0, 0.1) is 0 Å². The largest absolute Gasteiger partial charge is 0.469 e. The first kappa shape index (κ1) is 52.4. The van der Waals surface area contributed by atoms with E-state index in [1.165, 1.54) is 13.8 Å². The van der Waals surface area contributed by atoms with Gasteiger partial charge in [0.2, 0.25) is 35.4 Å². The predicted molar refractivity (Wildman–Crippen MR) is 207 cm³/mol. The number of aldehydes is 1. The first-order valence-electron chi connectivity index (χ1n) is 18.0. The molecule has 0 saturated carbocycles. The summed E-state index contributed by atoms with van der Waals surface area (Å²) in [5.41, 5.74) is 31.2. The van der Waals surface area contributed by atoms with Gasteiger partial charge in [0, 0.05) is 5.75 Å². The fourth-order valence-corrected chi connectivity index (χ4v) is 5.31. The van der Waals surface area contributed by atoms with Crippen LogP contribution in [0.25, 0.3) is 0 Å². The molecule has 27 heteroatoms. The molecule has 7 atom stereocenters. The molecule has 0 radical (unpaired) electrons. The molecule has 0 spiro atoms. The Hall–Kier alpha value is -4.59. The van der Waals surface area contributed by atoms with E-state index in [9.17, 15) is 47.9 Å². The second-order valence-electron chi connectivity index (χ2n) is 12.9. The minimum Gasteiger partial charge on any atom is -0.358 e. The number of guanidine groups is 2. The van der Waals surface area contributed by atoms with Crippen LogP contribution in [-0.4, -0.2) is 138 Å². The van der Waals surface area contributed by atoms with E-state index in [2.05, 4.69) is 64.8 Å². The van der Waals surface area contributed by atoms with Crippen molar-refractivity contribution in [2.75, 3.05) is 32.0 Å². The molecule has 6 amide bonds. The number of quaternary nitrogens is 1. The summed E-state index contributed by atoms with van der Waals surface area (Å²) in [4.78, 5) is 115. The van der Waals surface area contributed by atoms with Crippen molar-refractivity contribution < 1.29 is 68.2 Å². The molecule has 0 heterocycles. The highest BCUT2D eigenvalue weighted by molar-refractivity contribution is 7.80. The average Bonchev–Trinajstić information content (AvgIpc) is 3.12. The molecule has 0 aliphatic heterocycles. The van der Waals surface area contributed by atoms with E-state index in [1.54, 1.807) is 0 Å². The molecule has 0 aromatic carbocycles. The Labute approximate surface area is 335 Å². The molecule has 0 aliphatic rings. The number of phosphoric acid groups is 1. The highest BCUT2D eigenvalue weighted by Crippen LogP contribution is 2.35. The third-order valence-electron chi connectivity index (χ3n) is 7.73. The van der Waals surface area contributed by atoms with Gasteiger partial charge in [-0.2, -0.15) is 12.6 Å². The molecule has 0 aromatic heterocycles.